The molecule has 0 amide bonds. The predicted octanol–water partition coefficient (Wildman–Crippen LogP) is 4.52. The van der Waals surface area contributed by atoms with E-state index in [0.717, 1.165) is 0 Å². The number of esters is 2. The maximum absolute atomic E-state index is 12.9. The first-order valence-electron chi connectivity index (χ1n) is 11.1. The molecule has 0 aliphatic heterocycles. The second kappa shape index (κ2) is 11.0. The normalized spacial score (nSPS) is 19.3. The van der Waals surface area contributed by atoms with Crippen molar-refractivity contribution >= 4 is 11.9 Å². The molecule has 7 nitrogen and oxygen atoms in total. The molecule has 0 radical (unpaired) electrons. The van der Waals surface area contributed by atoms with Crippen molar-refractivity contribution in [2.24, 2.45) is 17.3 Å². The largest absolute Gasteiger partial charge is 0.461 e. The Kier molecular flexibility index (Phi) is 8.08. The predicted molar refractivity (Wildman–Crippen MR) is 127 cm³/mol. The highest BCUT2D eigenvalue weighted by Crippen LogP contribution is 2.59. The first-order valence-corrected chi connectivity index (χ1v) is 11.1. The Balaban J connectivity index is 1.60. The lowest BCUT2D eigenvalue weighted by Gasteiger charge is -2.13. The van der Waals surface area contributed by atoms with Crippen molar-refractivity contribution in [1.82, 2.24) is 4.90 Å². The van der Waals surface area contributed by atoms with Gasteiger partial charge in [-0.15, -0.1) is 0 Å². The summed E-state index contributed by atoms with van der Waals surface area (Å²) in [4.78, 5) is 26.7. The van der Waals surface area contributed by atoms with Crippen molar-refractivity contribution in [2.75, 3.05) is 27.2 Å². The maximum atomic E-state index is 12.9. The van der Waals surface area contributed by atoms with Gasteiger partial charge in [-0.05, 0) is 49.7 Å². The van der Waals surface area contributed by atoms with E-state index in [0.29, 0.717) is 30.2 Å². The Morgan fingerprint density at radius 2 is 1.82 bits per heavy atom. The second-order valence-electron chi connectivity index (χ2n) is 9.09. The highest BCUT2D eigenvalue weighted by molar-refractivity contribution is 5.83. The van der Waals surface area contributed by atoms with Gasteiger partial charge >= 0.3 is 11.9 Å². The Labute approximate surface area is 200 Å². The van der Waals surface area contributed by atoms with E-state index in [1.165, 1.54) is 6.08 Å². The van der Waals surface area contributed by atoms with Crippen LogP contribution in [-0.2, 0) is 19.1 Å². The maximum Gasteiger partial charge on any atom is 0.330 e. The van der Waals surface area contributed by atoms with Gasteiger partial charge in [0, 0.05) is 18.2 Å². The molecule has 0 aromatic heterocycles. The summed E-state index contributed by atoms with van der Waals surface area (Å²) < 4.78 is 16.5. The van der Waals surface area contributed by atoms with Crippen molar-refractivity contribution in [3.05, 3.63) is 72.3 Å². The van der Waals surface area contributed by atoms with Crippen LogP contribution in [0.25, 0.3) is 0 Å². The number of nitriles is 1. The van der Waals surface area contributed by atoms with Crippen LogP contribution in [0.5, 0.6) is 11.5 Å². The van der Waals surface area contributed by atoms with Crippen LogP contribution in [0.15, 0.2) is 66.7 Å². The van der Waals surface area contributed by atoms with E-state index in [1.54, 1.807) is 30.3 Å². The molecular weight excluding hydrogens is 432 g/mol. The van der Waals surface area contributed by atoms with E-state index in [9.17, 15) is 14.9 Å². The number of para-hydroxylation sites is 1. The first-order chi connectivity index (χ1) is 16.2. The Hall–Kier alpha value is -3.63. The molecule has 3 atom stereocenters. The fourth-order valence-corrected chi connectivity index (χ4v) is 3.77. The van der Waals surface area contributed by atoms with Crippen molar-refractivity contribution in [2.45, 2.75) is 20.0 Å². The van der Waals surface area contributed by atoms with E-state index in [2.05, 4.69) is 6.07 Å². The molecule has 0 saturated heterocycles. The van der Waals surface area contributed by atoms with Gasteiger partial charge in [0.2, 0.25) is 6.10 Å². The van der Waals surface area contributed by atoms with Crippen LogP contribution >= 0.6 is 0 Å². The average molecular weight is 463 g/mol. The average Bonchev–Trinajstić information content (AvgIpc) is 3.36. The molecule has 1 aliphatic rings. The fraction of sp³-hybridized carbons (Fsp3) is 0.370. The molecule has 7 heteroatoms. The molecule has 2 aromatic carbocycles. The van der Waals surface area contributed by atoms with Gasteiger partial charge in [0.1, 0.15) is 24.2 Å². The van der Waals surface area contributed by atoms with E-state index < -0.39 is 24.0 Å². The molecule has 3 rings (SSSR count). The zero-order valence-electron chi connectivity index (χ0n) is 19.9. The molecule has 178 valence electrons. The first kappa shape index (κ1) is 25.0. The number of rotatable bonds is 10. The van der Waals surface area contributed by atoms with Crippen molar-refractivity contribution < 1.29 is 23.8 Å². The van der Waals surface area contributed by atoms with Crippen LogP contribution in [-0.4, -0.2) is 44.1 Å². The molecule has 0 bridgehead atoms. The van der Waals surface area contributed by atoms with Gasteiger partial charge in [-0.2, -0.15) is 5.26 Å². The van der Waals surface area contributed by atoms with Gasteiger partial charge < -0.3 is 19.1 Å². The van der Waals surface area contributed by atoms with Crippen LogP contribution in [0, 0.1) is 28.6 Å². The topological polar surface area (TPSA) is 88.9 Å². The van der Waals surface area contributed by atoms with Crippen LogP contribution in [0.4, 0.5) is 0 Å². The van der Waals surface area contributed by atoms with Gasteiger partial charge in [-0.1, -0.05) is 50.3 Å². The molecule has 1 fully saturated rings. The summed E-state index contributed by atoms with van der Waals surface area (Å²) in [5.41, 5.74) is 0.148. The number of hydrogen-bond donors (Lipinski definition) is 0. The number of carbonyl (C=O) groups excluding carboxylic acids is 2. The zero-order chi connectivity index (χ0) is 24.7. The number of hydrogen-bond acceptors (Lipinski definition) is 7. The monoisotopic (exact) mass is 462 g/mol. The molecule has 1 aliphatic carbocycles. The summed E-state index contributed by atoms with van der Waals surface area (Å²) in [5, 5.41) is 9.66. The number of likely N-dealkylation sites (N-methyl/N-ethyl adjacent to an activating group) is 1. The number of ether oxygens (including phenoxy) is 3. The number of nitrogens with zero attached hydrogens (tertiary/aromatic N) is 2. The quantitative estimate of drug-likeness (QED) is 0.379. The smallest absolute Gasteiger partial charge is 0.330 e. The highest BCUT2D eigenvalue weighted by Gasteiger charge is 2.61. The van der Waals surface area contributed by atoms with E-state index in [4.69, 9.17) is 14.2 Å². The number of benzene rings is 2. The molecule has 0 N–H and O–H groups in total. The highest BCUT2D eigenvalue weighted by atomic mass is 16.5. The molecule has 1 saturated carbocycles. The summed E-state index contributed by atoms with van der Waals surface area (Å²) in [6, 6.07) is 18.3. The molecule has 34 heavy (non-hydrogen) atoms. The molecule has 2 aromatic rings. The number of carbonyl (C=O) groups is 2. The van der Waals surface area contributed by atoms with Gasteiger partial charge in [-0.3, -0.25) is 4.79 Å². The summed E-state index contributed by atoms with van der Waals surface area (Å²) in [5.74, 6) is -0.324. The zero-order valence-corrected chi connectivity index (χ0v) is 19.9. The lowest BCUT2D eigenvalue weighted by atomic mass is 10.1. The standard InChI is InChI=1S/C27H30N2O5/c1-27(2)22(13-14-24(30)32-16-15-29(3)4)25(27)26(31)34-23(18-28)19-9-8-12-21(17-19)33-20-10-6-5-7-11-20/h5-14,17,22-23,25H,15-16H2,1-4H3/t22-,23-,25-/m0/s1. The summed E-state index contributed by atoms with van der Waals surface area (Å²) in [6.07, 6.45) is 1.99. The van der Waals surface area contributed by atoms with Crippen molar-refractivity contribution in [1.29, 1.82) is 5.26 Å². The summed E-state index contributed by atoms with van der Waals surface area (Å²) in [6.45, 7) is 4.80. The lowest BCUT2D eigenvalue weighted by Crippen LogP contribution is -2.19. The Morgan fingerprint density at radius 3 is 2.50 bits per heavy atom. The van der Waals surface area contributed by atoms with E-state index in [-0.39, 0.29) is 11.3 Å². The third-order valence-corrected chi connectivity index (χ3v) is 5.88. The summed E-state index contributed by atoms with van der Waals surface area (Å²) >= 11 is 0. The Morgan fingerprint density at radius 1 is 1.12 bits per heavy atom. The fourth-order valence-electron chi connectivity index (χ4n) is 3.77. The minimum Gasteiger partial charge on any atom is -0.461 e. The minimum atomic E-state index is -1.07. The van der Waals surface area contributed by atoms with Crippen LogP contribution in [0.1, 0.15) is 25.5 Å². The van der Waals surface area contributed by atoms with Gasteiger partial charge in [0.05, 0.1) is 5.92 Å². The van der Waals surface area contributed by atoms with Gasteiger partial charge in [0.25, 0.3) is 0 Å². The number of allylic oxidation sites excluding steroid dienone is 1. The second-order valence-corrected chi connectivity index (χ2v) is 9.09. The van der Waals surface area contributed by atoms with E-state index in [1.807, 2.05) is 63.2 Å². The van der Waals surface area contributed by atoms with E-state index >= 15 is 0 Å². The summed E-state index contributed by atoms with van der Waals surface area (Å²) in [7, 11) is 3.79. The van der Waals surface area contributed by atoms with Crippen LogP contribution < -0.4 is 4.74 Å². The van der Waals surface area contributed by atoms with Crippen molar-refractivity contribution in [3.63, 3.8) is 0 Å². The van der Waals surface area contributed by atoms with Crippen LogP contribution in [0.3, 0.4) is 0 Å². The van der Waals surface area contributed by atoms with Crippen LogP contribution in [0.2, 0.25) is 0 Å². The third kappa shape index (κ3) is 6.46. The molecule has 0 spiro atoms. The third-order valence-electron chi connectivity index (χ3n) is 5.88. The molecule has 0 heterocycles. The molecular formula is C27H30N2O5. The molecule has 0 unspecified atom stereocenters. The Bertz CT molecular complexity index is 1070. The minimum absolute atomic E-state index is 0.173. The van der Waals surface area contributed by atoms with Gasteiger partial charge in [-0.25, -0.2) is 4.79 Å². The lowest BCUT2D eigenvalue weighted by molar-refractivity contribution is -0.149. The SMILES string of the molecule is CN(C)CCOC(=O)C=C[C@H]1[C@@H](C(=O)O[C@@H](C#N)c2cccc(Oc3ccccc3)c2)C1(C)C. The van der Waals surface area contributed by atoms with Gasteiger partial charge in [0.15, 0.2) is 0 Å². The van der Waals surface area contributed by atoms with Crippen molar-refractivity contribution in [3.8, 4) is 17.6 Å².